The minimum Gasteiger partial charge on any atom is -0.353 e. The van der Waals surface area contributed by atoms with Gasteiger partial charge in [-0.2, -0.15) is 0 Å². The molecule has 0 fully saturated rings. The normalized spacial score (nSPS) is 11.6. The highest BCUT2D eigenvalue weighted by molar-refractivity contribution is 5.81. The lowest BCUT2D eigenvalue weighted by Gasteiger charge is -2.11. The molecule has 0 heterocycles. The number of carbonyl (C=O) groups excluding carboxylic acids is 1. The summed E-state index contributed by atoms with van der Waals surface area (Å²) in [4.78, 5) is 11.2. The number of amides is 1. The summed E-state index contributed by atoms with van der Waals surface area (Å²) in [5.41, 5.74) is 5.61. The molecule has 5 nitrogen and oxygen atoms in total. The van der Waals surface area contributed by atoms with Gasteiger partial charge in [-0.25, -0.2) is 0 Å². The van der Waals surface area contributed by atoms with E-state index in [1.165, 1.54) is 0 Å². The van der Waals surface area contributed by atoms with Crippen molar-refractivity contribution in [1.29, 1.82) is 0 Å². The van der Waals surface area contributed by atoms with E-state index in [1.54, 1.807) is 0 Å². The number of carbonyl (C=O) groups is 1. The van der Waals surface area contributed by atoms with Crippen LogP contribution in [0, 0.1) is 0 Å². The zero-order valence-corrected chi connectivity index (χ0v) is 8.39. The Morgan fingerprint density at radius 3 is 2.29 bits per heavy atom. The van der Waals surface area contributed by atoms with E-state index in [-0.39, 0.29) is 13.3 Å². The maximum absolute atomic E-state index is 11.2. The number of rotatable bonds is 7. The van der Waals surface area contributed by atoms with Crippen LogP contribution >= 0.6 is 0 Å². The molecule has 86 valence electrons. The lowest BCUT2D eigenvalue weighted by molar-refractivity contribution is -0.122. The summed E-state index contributed by atoms with van der Waals surface area (Å²) < 4.78 is 0. The van der Waals surface area contributed by atoms with Crippen LogP contribution in [0.5, 0.6) is 0 Å². The summed E-state index contributed by atoms with van der Waals surface area (Å²) in [5.74, 6) is -0.0782. The first kappa shape index (κ1) is 15.8. The Hall–Kier alpha value is -0.650. The van der Waals surface area contributed by atoms with Crippen LogP contribution in [0.1, 0.15) is 13.8 Å². The van der Waals surface area contributed by atoms with Crippen LogP contribution in [-0.2, 0) is 4.79 Å². The lowest BCUT2D eigenvalue weighted by atomic mass is 10.2. The summed E-state index contributed by atoms with van der Waals surface area (Å²) in [6, 6.07) is -0.399. The van der Waals surface area contributed by atoms with Crippen molar-refractivity contribution in [2.24, 2.45) is 5.73 Å². The molecule has 1 atom stereocenters. The van der Waals surface area contributed by atoms with Crippen LogP contribution in [0.15, 0.2) is 0 Å². The first-order valence-corrected chi connectivity index (χ1v) is 4.55. The molecule has 14 heavy (non-hydrogen) atoms. The fourth-order valence-electron chi connectivity index (χ4n) is 0.873. The van der Waals surface area contributed by atoms with Crippen LogP contribution in [0.4, 0.5) is 0 Å². The van der Waals surface area contributed by atoms with Crippen molar-refractivity contribution in [1.82, 2.24) is 16.0 Å². The molecule has 0 radical (unpaired) electrons. The first-order chi connectivity index (χ1) is 6.22. The zero-order valence-electron chi connectivity index (χ0n) is 8.39. The molecule has 0 rings (SSSR count). The van der Waals surface area contributed by atoms with Gasteiger partial charge < -0.3 is 21.7 Å². The summed E-state index contributed by atoms with van der Waals surface area (Å²) in [6.45, 7) is 2.16. The molecular weight excluding hydrogens is 180 g/mol. The second-order valence-electron chi connectivity index (χ2n) is 2.89. The van der Waals surface area contributed by atoms with Crippen LogP contribution in [0.2, 0.25) is 0 Å². The van der Waals surface area contributed by atoms with Crippen molar-refractivity contribution >= 4 is 5.91 Å². The minimum atomic E-state index is -0.399. The maximum atomic E-state index is 11.2. The van der Waals surface area contributed by atoms with Crippen molar-refractivity contribution in [3.8, 4) is 0 Å². The van der Waals surface area contributed by atoms with Crippen molar-refractivity contribution in [2.75, 3.05) is 33.7 Å². The Morgan fingerprint density at radius 1 is 1.21 bits per heavy atom. The van der Waals surface area contributed by atoms with Gasteiger partial charge in [0.2, 0.25) is 5.91 Å². The third kappa shape index (κ3) is 7.97. The van der Waals surface area contributed by atoms with Gasteiger partial charge in [0, 0.05) is 13.1 Å². The fourth-order valence-corrected chi connectivity index (χ4v) is 0.873. The van der Waals surface area contributed by atoms with E-state index in [0.29, 0.717) is 13.0 Å². The Bertz CT molecular complexity index is 141. The van der Waals surface area contributed by atoms with Crippen LogP contribution in [0.25, 0.3) is 0 Å². The smallest absolute Gasteiger partial charge is 0.237 e. The van der Waals surface area contributed by atoms with Gasteiger partial charge in [0.15, 0.2) is 0 Å². The van der Waals surface area contributed by atoms with E-state index in [2.05, 4.69) is 16.0 Å². The second-order valence-corrected chi connectivity index (χ2v) is 2.89. The fraction of sp³-hybridized carbons (Fsp3) is 0.889. The van der Waals surface area contributed by atoms with Crippen molar-refractivity contribution in [3.05, 3.63) is 0 Å². The van der Waals surface area contributed by atoms with Crippen LogP contribution in [-0.4, -0.2) is 45.7 Å². The van der Waals surface area contributed by atoms with E-state index >= 15 is 0 Å². The molecule has 0 aromatic rings. The van der Waals surface area contributed by atoms with Gasteiger partial charge in [0.25, 0.3) is 0 Å². The molecule has 5 heteroatoms. The summed E-state index contributed by atoms with van der Waals surface area (Å²) in [5, 5.41) is 8.62. The van der Waals surface area contributed by atoms with Gasteiger partial charge in [-0.1, -0.05) is 7.43 Å². The third-order valence-corrected chi connectivity index (χ3v) is 1.72. The molecule has 5 N–H and O–H groups in total. The zero-order chi connectivity index (χ0) is 10.1. The van der Waals surface area contributed by atoms with Crippen molar-refractivity contribution in [2.45, 2.75) is 19.9 Å². The standard InChI is InChI=1S/C8H20N4O.CH4/c1-10-4-3-7(9)8(13)12-6-5-11-2;/h7,10-11H,3-6,9H2,1-2H3,(H,12,13);1H4/t7-;/m0./s1. The molecule has 0 bridgehead atoms. The van der Waals surface area contributed by atoms with Gasteiger partial charge in [0.05, 0.1) is 6.04 Å². The first-order valence-electron chi connectivity index (χ1n) is 4.55. The molecule has 0 saturated heterocycles. The van der Waals surface area contributed by atoms with E-state index < -0.39 is 6.04 Å². The molecule has 0 aromatic heterocycles. The van der Waals surface area contributed by atoms with Crippen LogP contribution < -0.4 is 21.7 Å². The number of likely N-dealkylation sites (N-methyl/N-ethyl adjacent to an activating group) is 1. The SMILES string of the molecule is C.CNCCNC(=O)[C@@H](N)CCNC. The quantitative estimate of drug-likeness (QED) is 0.397. The van der Waals surface area contributed by atoms with E-state index in [4.69, 9.17) is 5.73 Å². The molecule has 0 aromatic carbocycles. The molecule has 1 amide bonds. The largest absolute Gasteiger partial charge is 0.353 e. The molecule has 0 aliphatic carbocycles. The number of nitrogens with two attached hydrogens (primary N) is 1. The summed E-state index contributed by atoms with van der Waals surface area (Å²) >= 11 is 0. The summed E-state index contributed by atoms with van der Waals surface area (Å²) in [6.07, 6.45) is 0.669. The number of hydrogen-bond donors (Lipinski definition) is 4. The topological polar surface area (TPSA) is 79.2 Å². The number of hydrogen-bond acceptors (Lipinski definition) is 4. The van der Waals surface area contributed by atoms with E-state index in [0.717, 1.165) is 13.1 Å². The van der Waals surface area contributed by atoms with E-state index in [1.807, 2.05) is 14.1 Å². The maximum Gasteiger partial charge on any atom is 0.237 e. The lowest BCUT2D eigenvalue weighted by Crippen LogP contribution is -2.43. The molecule has 0 aliphatic heterocycles. The predicted octanol–water partition coefficient (Wildman–Crippen LogP) is -1.11. The van der Waals surface area contributed by atoms with Gasteiger partial charge in [-0.05, 0) is 27.1 Å². The highest BCUT2D eigenvalue weighted by Gasteiger charge is 2.10. The molecule has 0 saturated carbocycles. The van der Waals surface area contributed by atoms with Crippen molar-refractivity contribution in [3.63, 3.8) is 0 Å². The van der Waals surface area contributed by atoms with Crippen LogP contribution in [0.3, 0.4) is 0 Å². The Kier molecular flexibility index (Phi) is 11.8. The van der Waals surface area contributed by atoms with Gasteiger partial charge >= 0.3 is 0 Å². The molecular formula is C9H24N4O. The Balaban J connectivity index is 0. The minimum absolute atomic E-state index is 0. The molecule has 0 unspecified atom stereocenters. The van der Waals surface area contributed by atoms with Crippen molar-refractivity contribution < 1.29 is 4.79 Å². The Labute approximate surface area is 86.8 Å². The number of nitrogens with one attached hydrogen (secondary N) is 3. The van der Waals surface area contributed by atoms with Gasteiger partial charge in [-0.15, -0.1) is 0 Å². The average Bonchev–Trinajstić information content (AvgIpc) is 2.14. The molecule has 0 spiro atoms. The van der Waals surface area contributed by atoms with E-state index in [9.17, 15) is 4.79 Å². The predicted molar refractivity (Wildman–Crippen MR) is 60.2 cm³/mol. The highest BCUT2D eigenvalue weighted by Crippen LogP contribution is 1.85. The highest BCUT2D eigenvalue weighted by atomic mass is 16.2. The monoisotopic (exact) mass is 204 g/mol. The van der Waals surface area contributed by atoms with Gasteiger partial charge in [0.1, 0.15) is 0 Å². The average molecular weight is 204 g/mol. The third-order valence-electron chi connectivity index (χ3n) is 1.72. The second kappa shape index (κ2) is 10.4. The Morgan fingerprint density at radius 2 is 1.79 bits per heavy atom. The summed E-state index contributed by atoms with van der Waals surface area (Å²) in [7, 11) is 3.68. The molecule has 0 aliphatic rings. The van der Waals surface area contributed by atoms with Gasteiger partial charge in [-0.3, -0.25) is 4.79 Å².